The first-order valence-electron chi connectivity index (χ1n) is 19.4. The standard InChI is InChI=1S/C40H72N2O4/c1-5-9-13-19-29-41(30-20-14-10-6-2)33-23-25-35-45-39(43)37-27-17-18-28-38(37)40(44)46-36-26-24-34-42(31-21-15-11-7-3)32-22-16-12-8-4/h17-18,27-28H,5-16,19-26,29-36H2,1-4H3. The van der Waals surface area contributed by atoms with Gasteiger partial charge in [0.1, 0.15) is 0 Å². The maximum absolute atomic E-state index is 12.9. The number of hydrogen-bond donors (Lipinski definition) is 0. The molecular weight excluding hydrogens is 572 g/mol. The van der Waals surface area contributed by atoms with Crippen molar-refractivity contribution < 1.29 is 19.1 Å². The predicted octanol–water partition coefficient (Wildman–Crippen LogP) is 10.5. The topological polar surface area (TPSA) is 59.1 Å². The summed E-state index contributed by atoms with van der Waals surface area (Å²) in [6, 6.07) is 6.89. The van der Waals surface area contributed by atoms with E-state index in [1.807, 2.05) is 0 Å². The summed E-state index contributed by atoms with van der Waals surface area (Å²) >= 11 is 0. The molecule has 0 aliphatic rings. The van der Waals surface area contributed by atoms with E-state index < -0.39 is 11.9 Å². The Labute approximate surface area is 284 Å². The molecule has 266 valence electrons. The zero-order chi connectivity index (χ0) is 33.5. The van der Waals surface area contributed by atoms with Gasteiger partial charge in [-0.25, -0.2) is 9.59 Å². The Morgan fingerprint density at radius 1 is 0.435 bits per heavy atom. The fourth-order valence-corrected chi connectivity index (χ4v) is 5.92. The van der Waals surface area contributed by atoms with Crippen LogP contribution in [0.25, 0.3) is 0 Å². The Kier molecular flexibility index (Phi) is 27.8. The monoisotopic (exact) mass is 645 g/mol. The molecule has 0 fully saturated rings. The molecular formula is C40H72N2O4. The molecule has 0 aliphatic heterocycles. The van der Waals surface area contributed by atoms with E-state index >= 15 is 0 Å². The Morgan fingerprint density at radius 3 is 1.00 bits per heavy atom. The van der Waals surface area contributed by atoms with Crippen LogP contribution in [-0.4, -0.2) is 74.2 Å². The highest BCUT2D eigenvalue weighted by Gasteiger charge is 2.19. The smallest absolute Gasteiger partial charge is 0.339 e. The van der Waals surface area contributed by atoms with Gasteiger partial charge in [-0.3, -0.25) is 0 Å². The minimum Gasteiger partial charge on any atom is -0.462 e. The van der Waals surface area contributed by atoms with Crippen LogP contribution in [0.2, 0.25) is 0 Å². The van der Waals surface area contributed by atoms with Crippen LogP contribution < -0.4 is 0 Å². The summed E-state index contributed by atoms with van der Waals surface area (Å²) in [7, 11) is 0. The van der Waals surface area contributed by atoms with Gasteiger partial charge < -0.3 is 19.3 Å². The highest BCUT2D eigenvalue weighted by atomic mass is 16.5. The van der Waals surface area contributed by atoms with E-state index in [2.05, 4.69) is 37.5 Å². The van der Waals surface area contributed by atoms with Crippen molar-refractivity contribution in [3.8, 4) is 0 Å². The number of carbonyl (C=O) groups is 2. The molecule has 0 aliphatic carbocycles. The Bertz CT molecular complexity index is 768. The van der Waals surface area contributed by atoms with E-state index in [0.717, 1.165) is 65.0 Å². The second-order valence-electron chi connectivity index (χ2n) is 13.2. The first-order chi connectivity index (χ1) is 22.6. The quantitative estimate of drug-likeness (QED) is 0.0574. The van der Waals surface area contributed by atoms with Gasteiger partial charge in [-0.2, -0.15) is 0 Å². The largest absolute Gasteiger partial charge is 0.462 e. The Balaban J connectivity index is 2.44. The normalized spacial score (nSPS) is 11.4. The lowest BCUT2D eigenvalue weighted by molar-refractivity contribution is 0.0448. The molecule has 0 aromatic heterocycles. The number of carbonyl (C=O) groups excluding carboxylic acids is 2. The number of nitrogens with zero attached hydrogens (tertiary/aromatic N) is 2. The van der Waals surface area contributed by atoms with Crippen LogP contribution in [0.15, 0.2) is 24.3 Å². The molecule has 0 radical (unpaired) electrons. The fraction of sp³-hybridized carbons (Fsp3) is 0.800. The number of esters is 2. The number of ether oxygens (including phenoxy) is 2. The van der Waals surface area contributed by atoms with Gasteiger partial charge in [-0.05, 0) is 103 Å². The van der Waals surface area contributed by atoms with Crippen molar-refractivity contribution in [3.05, 3.63) is 35.4 Å². The van der Waals surface area contributed by atoms with Crippen molar-refractivity contribution in [2.24, 2.45) is 0 Å². The van der Waals surface area contributed by atoms with E-state index in [0.29, 0.717) is 24.3 Å². The van der Waals surface area contributed by atoms with E-state index in [1.54, 1.807) is 24.3 Å². The molecule has 1 rings (SSSR count). The molecule has 0 unspecified atom stereocenters. The predicted molar refractivity (Wildman–Crippen MR) is 195 cm³/mol. The average Bonchev–Trinajstić information content (AvgIpc) is 3.07. The SMILES string of the molecule is CCCCCCN(CCCCCC)CCCCOC(=O)c1ccccc1C(=O)OCCCCN(CCCCCC)CCCCCC. The van der Waals surface area contributed by atoms with Crippen molar-refractivity contribution in [2.75, 3.05) is 52.5 Å². The molecule has 1 aromatic rings. The Hall–Kier alpha value is -1.92. The zero-order valence-electron chi connectivity index (χ0n) is 30.6. The molecule has 1 aromatic carbocycles. The summed E-state index contributed by atoms with van der Waals surface area (Å²) in [4.78, 5) is 31.1. The van der Waals surface area contributed by atoms with Crippen LogP contribution in [0.5, 0.6) is 0 Å². The van der Waals surface area contributed by atoms with Gasteiger partial charge in [0.2, 0.25) is 0 Å². The minimum absolute atomic E-state index is 0.298. The molecule has 0 amide bonds. The zero-order valence-corrected chi connectivity index (χ0v) is 30.6. The molecule has 0 bridgehead atoms. The molecule has 0 spiro atoms. The summed E-state index contributed by atoms with van der Waals surface area (Å²) in [5.74, 6) is -0.879. The molecule has 0 atom stereocenters. The lowest BCUT2D eigenvalue weighted by Gasteiger charge is -2.22. The third-order valence-electron chi connectivity index (χ3n) is 8.88. The fourth-order valence-electron chi connectivity index (χ4n) is 5.92. The average molecular weight is 645 g/mol. The van der Waals surface area contributed by atoms with Crippen LogP contribution in [0, 0.1) is 0 Å². The maximum Gasteiger partial charge on any atom is 0.339 e. The molecule has 0 N–H and O–H groups in total. The summed E-state index contributed by atoms with van der Waals surface area (Å²) < 4.78 is 11.2. The van der Waals surface area contributed by atoms with Crippen molar-refractivity contribution >= 4 is 11.9 Å². The van der Waals surface area contributed by atoms with Gasteiger partial charge in [0.05, 0.1) is 24.3 Å². The van der Waals surface area contributed by atoms with Gasteiger partial charge in [0.25, 0.3) is 0 Å². The van der Waals surface area contributed by atoms with E-state index in [9.17, 15) is 9.59 Å². The van der Waals surface area contributed by atoms with E-state index in [4.69, 9.17) is 9.47 Å². The molecule has 0 heterocycles. The number of benzene rings is 1. The summed E-state index contributed by atoms with van der Waals surface area (Å²) in [5.41, 5.74) is 0.595. The molecule has 6 heteroatoms. The molecule has 6 nitrogen and oxygen atoms in total. The van der Waals surface area contributed by atoms with Crippen LogP contribution >= 0.6 is 0 Å². The number of hydrogen-bond acceptors (Lipinski definition) is 6. The summed E-state index contributed by atoms with van der Waals surface area (Å²) in [5, 5.41) is 0. The summed E-state index contributed by atoms with van der Waals surface area (Å²) in [6.07, 6.45) is 24.2. The van der Waals surface area contributed by atoms with Crippen LogP contribution in [0.3, 0.4) is 0 Å². The molecule has 46 heavy (non-hydrogen) atoms. The van der Waals surface area contributed by atoms with Gasteiger partial charge in [-0.15, -0.1) is 0 Å². The first kappa shape index (κ1) is 42.1. The van der Waals surface area contributed by atoms with Crippen LogP contribution in [-0.2, 0) is 9.47 Å². The van der Waals surface area contributed by atoms with Gasteiger partial charge >= 0.3 is 11.9 Å². The minimum atomic E-state index is -0.440. The van der Waals surface area contributed by atoms with E-state index in [1.165, 1.54) is 103 Å². The third kappa shape index (κ3) is 21.8. The lowest BCUT2D eigenvalue weighted by atomic mass is 10.1. The van der Waals surface area contributed by atoms with Crippen molar-refractivity contribution in [2.45, 2.75) is 156 Å². The second kappa shape index (κ2) is 30.4. The second-order valence-corrected chi connectivity index (χ2v) is 13.2. The van der Waals surface area contributed by atoms with Crippen LogP contribution in [0.4, 0.5) is 0 Å². The van der Waals surface area contributed by atoms with Gasteiger partial charge in [0.15, 0.2) is 0 Å². The van der Waals surface area contributed by atoms with E-state index in [-0.39, 0.29) is 0 Å². The van der Waals surface area contributed by atoms with Crippen molar-refractivity contribution in [1.82, 2.24) is 9.80 Å². The summed E-state index contributed by atoms with van der Waals surface area (Å²) in [6.45, 7) is 16.5. The van der Waals surface area contributed by atoms with Crippen molar-refractivity contribution in [3.63, 3.8) is 0 Å². The van der Waals surface area contributed by atoms with Gasteiger partial charge in [0, 0.05) is 0 Å². The molecule has 0 saturated heterocycles. The highest BCUT2D eigenvalue weighted by molar-refractivity contribution is 6.03. The maximum atomic E-state index is 12.9. The highest BCUT2D eigenvalue weighted by Crippen LogP contribution is 2.14. The third-order valence-corrected chi connectivity index (χ3v) is 8.88. The van der Waals surface area contributed by atoms with Crippen molar-refractivity contribution in [1.29, 1.82) is 0 Å². The van der Waals surface area contributed by atoms with Crippen LogP contribution in [0.1, 0.15) is 177 Å². The van der Waals surface area contributed by atoms with Gasteiger partial charge in [-0.1, -0.05) is 117 Å². The first-order valence-corrected chi connectivity index (χ1v) is 19.4. The number of rotatable bonds is 32. The Morgan fingerprint density at radius 2 is 0.717 bits per heavy atom. The molecule has 0 saturated carbocycles. The lowest BCUT2D eigenvalue weighted by Crippen LogP contribution is -2.27. The number of unbranched alkanes of at least 4 members (excludes halogenated alkanes) is 14.